The molecule has 0 radical (unpaired) electrons. The van der Waals surface area contributed by atoms with Crippen molar-refractivity contribution in [2.24, 2.45) is 0 Å². The maximum absolute atomic E-state index is 11.8. The summed E-state index contributed by atoms with van der Waals surface area (Å²) in [5.41, 5.74) is 5.92. The fourth-order valence-electron chi connectivity index (χ4n) is 2.90. The molecule has 1 fully saturated rings. The topological polar surface area (TPSA) is 86.1 Å². The number of hydrogen-bond acceptors (Lipinski definition) is 6. The number of alkyl carbamates (subject to hydrolysis) is 1. The molecule has 146 valence electrons. The lowest BCUT2D eigenvalue weighted by molar-refractivity contribution is 0.0505. The second kappa shape index (κ2) is 8.98. The minimum atomic E-state index is -0.469. The largest absolute Gasteiger partial charge is 0.493 e. The van der Waals surface area contributed by atoms with E-state index in [4.69, 9.17) is 19.9 Å². The third-order valence-corrected chi connectivity index (χ3v) is 4.06. The number of benzene rings is 1. The van der Waals surface area contributed by atoms with Crippen LogP contribution in [0.4, 0.5) is 10.5 Å². The van der Waals surface area contributed by atoms with Crippen LogP contribution in [0.1, 0.15) is 33.6 Å². The monoisotopic (exact) mass is 365 g/mol. The van der Waals surface area contributed by atoms with E-state index >= 15 is 0 Å². The predicted molar refractivity (Wildman–Crippen MR) is 102 cm³/mol. The molecule has 3 N–H and O–H groups in total. The van der Waals surface area contributed by atoms with E-state index < -0.39 is 5.60 Å². The van der Waals surface area contributed by atoms with Gasteiger partial charge in [-0.05, 0) is 45.7 Å². The van der Waals surface area contributed by atoms with Gasteiger partial charge in [-0.15, -0.1) is 0 Å². The lowest BCUT2D eigenvalue weighted by atomic mass is 10.2. The molecule has 0 spiro atoms. The molecule has 1 aliphatic heterocycles. The molecule has 1 amide bonds. The van der Waals surface area contributed by atoms with Crippen molar-refractivity contribution in [1.82, 2.24) is 10.2 Å². The number of nitrogens with two attached hydrogens (primary N) is 1. The summed E-state index contributed by atoms with van der Waals surface area (Å²) in [5, 5.41) is 2.94. The summed E-state index contributed by atoms with van der Waals surface area (Å²) in [6, 6.07) is 5.52. The highest BCUT2D eigenvalue weighted by Crippen LogP contribution is 2.29. The molecule has 1 saturated heterocycles. The summed E-state index contributed by atoms with van der Waals surface area (Å²) in [7, 11) is 1.60. The fraction of sp³-hybridized carbons (Fsp3) is 0.632. The summed E-state index contributed by atoms with van der Waals surface area (Å²) in [6.07, 6.45) is 1.49. The number of amides is 1. The van der Waals surface area contributed by atoms with Crippen LogP contribution in [0.15, 0.2) is 18.2 Å². The number of nitrogens with one attached hydrogen (secondary N) is 1. The first-order chi connectivity index (χ1) is 12.3. The zero-order chi connectivity index (χ0) is 19.2. The second-order valence-corrected chi connectivity index (χ2v) is 7.54. The number of methoxy groups -OCH3 is 1. The Labute approximate surface area is 155 Å². The minimum absolute atomic E-state index is 0.142. The maximum Gasteiger partial charge on any atom is 0.407 e. The zero-order valence-corrected chi connectivity index (χ0v) is 16.2. The molecule has 0 aromatic heterocycles. The third-order valence-electron chi connectivity index (χ3n) is 4.06. The van der Waals surface area contributed by atoms with Crippen molar-refractivity contribution in [2.75, 3.05) is 39.1 Å². The van der Waals surface area contributed by atoms with Gasteiger partial charge >= 0.3 is 6.09 Å². The summed E-state index contributed by atoms with van der Waals surface area (Å²) >= 11 is 0. The van der Waals surface area contributed by atoms with Crippen LogP contribution in [0.3, 0.4) is 0 Å². The number of anilines is 1. The van der Waals surface area contributed by atoms with Crippen LogP contribution in [0.2, 0.25) is 0 Å². The van der Waals surface area contributed by atoms with Gasteiger partial charge in [-0.3, -0.25) is 0 Å². The van der Waals surface area contributed by atoms with E-state index in [-0.39, 0.29) is 12.1 Å². The first kappa shape index (κ1) is 20.2. The van der Waals surface area contributed by atoms with E-state index in [2.05, 4.69) is 10.2 Å². The molecular weight excluding hydrogens is 334 g/mol. The first-order valence-corrected chi connectivity index (χ1v) is 9.05. The number of nitrogens with zero attached hydrogens (tertiary/aromatic N) is 1. The van der Waals surface area contributed by atoms with Crippen LogP contribution in [0.5, 0.6) is 11.5 Å². The number of carbonyl (C=O) groups is 1. The smallest absolute Gasteiger partial charge is 0.407 e. The van der Waals surface area contributed by atoms with E-state index in [1.807, 2.05) is 26.8 Å². The maximum atomic E-state index is 11.8. The molecule has 1 aromatic rings. The standard InChI is InChI=1S/C19H31N3O4/c1-19(2,3)26-18(23)21-15-8-10-22(13-15)9-5-11-25-16-7-6-14(20)12-17(16)24-4/h6-7,12,15H,5,8-11,13,20H2,1-4H3,(H,21,23)/t15-/m0/s1. The van der Waals surface area contributed by atoms with E-state index in [1.54, 1.807) is 19.2 Å². The Morgan fingerprint density at radius 1 is 1.35 bits per heavy atom. The lowest BCUT2D eigenvalue weighted by Crippen LogP contribution is -2.40. The normalized spacial score (nSPS) is 17.8. The van der Waals surface area contributed by atoms with Gasteiger partial charge in [0.2, 0.25) is 0 Å². The van der Waals surface area contributed by atoms with Gasteiger partial charge in [0.25, 0.3) is 0 Å². The van der Waals surface area contributed by atoms with Crippen molar-refractivity contribution in [3.05, 3.63) is 18.2 Å². The first-order valence-electron chi connectivity index (χ1n) is 9.05. The fourth-order valence-corrected chi connectivity index (χ4v) is 2.90. The Morgan fingerprint density at radius 2 is 2.12 bits per heavy atom. The van der Waals surface area contributed by atoms with Gasteiger partial charge in [-0.25, -0.2) is 4.79 Å². The predicted octanol–water partition coefficient (Wildman–Crippen LogP) is 2.65. The average Bonchev–Trinajstić information content (AvgIpc) is 2.97. The molecule has 1 heterocycles. The number of nitrogen functional groups attached to an aromatic ring is 1. The van der Waals surface area contributed by atoms with Gasteiger partial charge in [0, 0.05) is 37.4 Å². The highest BCUT2D eigenvalue weighted by Gasteiger charge is 2.25. The zero-order valence-electron chi connectivity index (χ0n) is 16.2. The van der Waals surface area contributed by atoms with Gasteiger partial charge in [0.15, 0.2) is 11.5 Å². The van der Waals surface area contributed by atoms with Crippen LogP contribution in [-0.2, 0) is 4.74 Å². The van der Waals surface area contributed by atoms with E-state index in [0.29, 0.717) is 23.8 Å². The summed E-state index contributed by atoms with van der Waals surface area (Å²) in [6.45, 7) is 8.91. The van der Waals surface area contributed by atoms with Gasteiger partial charge in [-0.1, -0.05) is 0 Å². The molecule has 7 heteroatoms. The van der Waals surface area contributed by atoms with Crippen LogP contribution in [0, 0.1) is 0 Å². The highest BCUT2D eigenvalue weighted by molar-refractivity contribution is 5.68. The minimum Gasteiger partial charge on any atom is -0.493 e. The van der Waals surface area contributed by atoms with Gasteiger partial charge in [-0.2, -0.15) is 0 Å². The van der Waals surface area contributed by atoms with Gasteiger partial charge in [0.1, 0.15) is 5.60 Å². The van der Waals surface area contributed by atoms with E-state index in [9.17, 15) is 4.79 Å². The quantitative estimate of drug-likeness (QED) is 0.571. The van der Waals surface area contributed by atoms with Gasteiger partial charge in [0.05, 0.1) is 13.7 Å². The van der Waals surface area contributed by atoms with Crippen molar-refractivity contribution in [3.8, 4) is 11.5 Å². The average molecular weight is 365 g/mol. The molecule has 0 saturated carbocycles. The van der Waals surface area contributed by atoms with Crippen LogP contribution < -0.4 is 20.5 Å². The molecule has 26 heavy (non-hydrogen) atoms. The van der Waals surface area contributed by atoms with Crippen molar-refractivity contribution < 1.29 is 19.0 Å². The third kappa shape index (κ3) is 6.63. The van der Waals surface area contributed by atoms with Crippen molar-refractivity contribution in [2.45, 2.75) is 45.3 Å². The molecule has 1 aromatic carbocycles. The van der Waals surface area contributed by atoms with E-state index in [1.165, 1.54) is 0 Å². The van der Waals surface area contributed by atoms with E-state index in [0.717, 1.165) is 32.5 Å². The van der Waals surface area contributed by atoms with Crippen LogP contribution in [0.25, 0.3) is 0 Å². The molecule has 2 rings (SSSR count). The Balaban J connectivity index is 1.66. The lowest BCUT2D eigenvalue weighted by Gasteiger charge is -2.22. The molecular formula is C19H31N3O4. The Kier molecular flexibility index (Phi) is 6.97. The SMILES string of the molecule is COc1cc(N)ccc1OCCCN1CC[C@H](NC(=O)OC(C)(C)C)C1. The summed E-state index contributed by atoms with van der Waals surface area (Å²) in [5.74, 6) is 1.35. The Hall–Kier alpha value is -2.15. The summed E-state index contributed by atoms with van der Waals surface area (Å²) in [4.78, 5) is 14.2. The number of carbonyl (C=O) groups excluding carboxylic acids is 1. The number of rotatable bonds is 7. The Bertz CT molecular complexity index is 601. The van der Waals surface area contributed by atoms with Crippen LogP contribution >= 0.6 is 0 Å². The molecule has 0 bridgehead atoms. The molecule has 0 unspecified atom stereocenters. The highest BCUT2D eigenvalue weighted by atomic mass is 16.6. The van der Waals surface area contributed by atoms with Gasteiger partial charge < -0.3 is 30.2 Å². The number of ether oxygens (including phenoxy) is 3. The van der Waals surface area contributed by atoms with Crippen LogP contribution in [-0.4, -0.2) is 56.0 Å². The molecule has 1 aliphatic rings. The second-order valence-electron chi connectivity index (χ2n) is 7.54. The molecule has 0 aliphatic carbocycles. The number of hydrogen-bond donors (Lipinski definition) is 2. The van der Waals surface area contributed by atoms with Crippen molar-refractivity contribution in [1.29, 1.82) is 0 Å². The summed E-state index contributed by atoms with van der Waals surface area (Å²) < 4.78 is 16.4. The number of likely N-dealkylation sites (tertiary alicyclic amines) is 1. The molecule has 1 atom stereocenters. The van der Waals surface area contributed by atoms with Crippen molar-refractivity contribution >= 4 is 11.8 Å². The van der Waals surface area contributed by atoms with Crippen molar-refractivity contribution in [3.63, 3.8) is 0 Å². The Morgan fingerprint density at radius 3 is 2.81 bits per heavy atom. The molecule has 7 nitrogen and oxygen atoms in total.